The summed E-state index contributed by atoms with van der Waals surface area (Å²) in [6.45, 7) is 0.537. The molecule has 31 heavy (non-hydrogen) atoms. The fourth-order valence-electron chi connectivity index (χ4n) is 2.83. The molecule has 0 N–H and O–H groups in total. The number of amides is 1. The number of methoxy groups -OCH3 is 2. The van der Waals surface area contributed by atoms with Gasteiger partial charge in [0.1, 0.15) is 28.8 Å². The van der Waals surface area contributed by atoms with Gasteiger partial charge in [0.05, 0.1) is 19.9 Å². The third-order valence-corrected chi connectivity index (χ3v) is 5.66. The molecule has 0 aliphatic carbocycles. The van der Waals surface area contributed by atoms with E-state index in [1.807, 2.05) is 0 Å². The maximum absolute atomic E-state index is 12.5. The van der Waals surface area contributed by atoms with Gasteiger partial charge >= 0.3 is 10.1 Å². The number of carbonyl (C=O) groups is 1. The Labute approximate surface area is 181 Å². The van der Waals surface area contributed by atoms with Gasteiger partial charge in [0.2, 0.25) is 5.91 Å². The van der Waals surface area contributed by atoms with E-state index in [2.05, 4.69) is 0 Å². The van der Waals surface area contributed by atoms with E-state index >= 15 is 0 Å². The fourth-order valence-corrected chi connectivity index (χ4v) is 3.76. The van der Waals surface area contributed by atoms with Crippen LogP contribution in [0.2, 0.25) is 0 Å². The Kier molecular flexibility index (Phi) is 7.32. The fraction of sp³-hybridized carbons (Fsp3) is 0.227. The van der Waals surface area contributed by atoms with Crippen LogP contribution in [0.4, 0.5) is 0 Å². The summed E-state index contributed by atoms with van der Waals surface area (Å²) in [5, 5.41) is 0. The summed E-state index contributed by atoms with van der Waals surface area (Å²) in [4.78, 5) is 14.0. The van der Waals surface area contributed by atoms with Crippen molar-refractivity contribution in [3.63, 3.8) is 0 Å². The molecule has 3 aromatic rings. The molecule has 164 valence electrons. The van der Waals surface area contributed by atoms with Crippen molar-refractivity contribution in [2.75, 3.05) is 20.8 Å². The topological polar surface area (TPSA) is 95.3 Å². The minimum atomic E-state index is -3.98. The number of nitrogens with zero attached hydrogens (tertiary/aromatic N) is 1. The van der Waals surface area contributed by atoms with Gasteiger partial charge in [-0.3, -0.25) is 4.79 Å². The molecule has 0 bridgehead atoms. The first kappa shape index (κ1) is 22.4. The molecule has 0 atom stereocenters. The van der Waals surface area contributed by atoms with Gasteiger partial charge in [-0.2, -0.15) is 8.42 Å². The zero-order valence-corrected chi connectivity index (χ0v) is 18.0. The number of ether oxygens (including phenoxy) is 2. The summed E-state index contributed by atoms with van der Waals surface area (Å²) in [7, 11) is -1.02. The molecule has 0 aliphatic heterocycles. The van der Waals surface area contributed by atoms with E-state index in [1.165, 1.54) is 26.4 Å². The van der Waals surface area contributed by atoms with Crippen LogP contribution in [0.25, 0.3) is 0 Å². The molecule has 0 radical (unpaired) electrons. The van der Waals surface area contributed by atoms with E-state index in [0.717, 1.165) is 5.56 Å². The molecule has 1 heterocycles. The Balaban J connectivity index is 1.69. The zero-order chi connectivity index (χ0) is 22.3. The molecule has 0 saturated heterocycles. The Morgan fingerprint density at radius 3 is 2.19 bits per heavy atom. The van der Waals surface area contributed by atoms with Crippen molar-refractivity contribution >= 4 is 16.0 Å². The van der Waals surface area contributed by atoms with E-state index in [0.29, 0.717) is 24.6 Å². The van der Waals surface area contributed by atoms with Gasteiger partial charge in [-0.1, -0.05) is 12.1 Å². The van der Waals surface area contributed by atoms with E-state index in [1.54, 1.807) is 59.7 Å². The summed E-state index contributed by atoms with van der Waals surface area (Å²) in [5.74, 6) is 1.17. The van der Waals surface area contributed by atoms with Gasteiger partial charge in [-0.05, 0) is 54.1 Å². The van der Waals surface area contributed by atoms with Crippen molar-refractivity contribution in [3.05, 3.63) is 78.3 Å². The lowest BCUT2D eigenvalue weighted by Crippen LogP contribution is -2.32. The van der Waals surface area contributed by atoms with Crippen LogP contribution in [0.3, 0.4) is 0 Å². The highest BCUT2D eigenvalue weighted by atomic mass is 32.2. The van der Waals surface area contributed by atoms with Crippen LogP contribution in [0.5, 0.6) is 11.5 Å². The maximum atomic E-state index is 12.5. The summed E-state index contributed by atoms with van der Waals surface area (Å²) in [6.07, 6.45) is 1.55. The largest absolute Gasteiger partial charge is 0.497 e. The number of hydrogen-bond acceptors (Lipinski definition) is 7. The van der Waals surface area contributed by atoms with Crippen LogP contribution in [-0.2, 0) is 32.7 Å². The molecule has 1 aromatic heterocycles. The molecule has 9 heteroatoms. The molecule has 3 rings (SSSR count). The van der Waals surface area contributed by atoms with Crippen LogP contribution in [0.1, 0.15) is 11.3 Å². The van der Waals surface area contributed by atoms with Crippen LogP contribution < -0.4 is 8.92 Å². The Bertz CT molecular complexity index is 1080. The smallest absolute Gasteiger partial charge is 0.339 e. The van der Waals surface area contributed by atoms with Crippen LogP contribution >= 0.6 is 0 Å². The molecular weight excluding hydrogens is 422 g/mol. The van der Waals surface area contributed by atoms with Crippen LogP contribution in [-0.4, -0.2) is 40.1 Å². The molecule has 0 unspecified atom stereocenters. The summed E-state index contributed by atoms with van der Waals surface area (Å²) in [6, 6.07) is 15.9. The van der Waals surface area contributed by atoms with Gasteiger partial charge in [0.25, 0.3) is 0 Å². The average Bonchev–Trinajstić information content (AvgIpc) is 3.28. The molecule has 0 fully saturated rings. The monoisotopic (exact) mass is 445 g/mol. The first-order chi connectivity index (χ1) is 14.9. The van der Waals surface area contributed by atoms with E-state index in [9.17, 15) is 13.2 Å². The van der Waals surface area contributed by atoms with Gasteiger partial charge in [0.15, 0.2) is 0 Å². The van der Waals surface area contributed by atoms with Crippen LogP contribution in [0, 0.1) is 0 Å². The second-order valence-corrected chi connectivity index (χ2v) is 8.17. The Morgan fingerprint density at radius 2 is 1.61 bits per heavy atom. The lowest BCUT2D eigenvalue weighted by atomic mass is 10.2. The lowest BCUT2D eigenvalue weighted by Gasteiger charge is -2.21. The molecule has 0 saturated carbocycles. The van der Waals surface area contributed by atoms with Crippen molar-refractivity contribution in [2.45, 2.75) is 18.0 Å². The summed E-state index contributed by atoms with van der Waals surface area (Å²) < 4.78 is 45.5. The number of hydrogen-bond donors (Lipinski definition) is 0. The highest BCUT2D eigenvalue weighted by molar-refractivity contribution is 7.87. The van der Waals surface area contributed by atoms with Crippen molar-refractivity contribution in [3.8, 4) is 11.5 Å². The molecule has 0 aliphatic rings. The molecule has 0 spiro atoms. The first-order valence-corrected chi connectivity index (χ1v) is 10.8. The van der Waals surface area contributed by atoms with Crippen molar-refractivity contribution < 1.29 is 31.3 Å². The zero-order valence-electron chi connectivity index (χ0n) is 17.2. The predicted molar refractivity (Wildman–Crippen MR) is 112 cm³/mol. The molecule has 2 aromatic carbocycles. The predicted octanol–water partition coefficient (Wildman–Crippen LogP) is 3.23. The van der Waals surface area contributed by atoms with Crippen molar-refractivity contribution in [1.29, 1.82) is 0 Å². The second kappa shape index (κ2) is 10.1. The minimum Gasteiger partial charge on any atom is -0.497 e. The number of benzene rings is 2. The summed E-state index contributed by atoms with van der Waals surface area (Å²) in [5.41, 5.74) is 0.796. The second-order valence-electron chi connectivity index (χ2n) is 6.62. The third kappa shape index (κ3) is 6.09. The average molecular weight is 445 g/mol. The first-order valence-electron chi connectivity index (χ1n) is 9.38. The summed E-state index contributed by atoms with van der Waals surface area (Å²) >= 11 is 0. The van der Waals surface area contributed by atoms with Crippen molar-refractivity contribution in [1.82, 2.24) is 4.90 Å². The van der Waals surface area contributed by atoms with Crippen LogP contribution in [0.15, 0.2) is 76.2 Å². The molecule has 1 amide bonds. The van der Waals surface area contributed by atoms with Gasteiger partial charge in [0, 0.05) is 13.7 Å². The highest BCUT2D eigenvalue weighted by Crippen LogP contribution is 2.22. The van der Waals surface area contributed by atoms with E-state index < -0.39 is 10.1 Å². The van der Waals surface area contributed by atoms with E-state index in [-0.39, 0.29) is 23.2 Å². The minimum absolute atomic E-state index is 0.0205. The van der Waals surface area contributed by atoms with Gasteiger partial charge in [-0.15, -0.1) is 0 Å². The lowest BCUT2D eigenvalue weighted by molar-refractivity contribution is -0.136. The number of carbonyl (C=O) groups excluding carboxylic acids is 1. The number of furan rings is 1. The van der Waals surface area contributed by atoms with Gasteiger partial charge in [-0.25, -0.2) is 0 Å². The Hall–Kier alpha value is -3.30. The molecular formula is C22H23NO7S. The highest BCUT2D eigenvalue weighted by Gasteiger charge is 2.18. The third-order valence-electron chi connectivity index (χ3n) is 4.40. The Morgan fingerprint density at radius 1 is 0.935 bits per heavy atom. The maximum Gasteiger partial charge on any atom is 0.339 e. The quantitative estimate of drug-likeness (QED) is 0.442. The SMILES string of the molecule is COCC(=O)N(Cc1ccc(OS(=O)(=O)c2ccc(OC)cc2)cc1)Cc1ccco1. The normalized spacial score (nSPS) is 11.2. The molecule has 8 nitrogen and oxygen atoms in total. The number of rotatable bonds is 10. The van der Waals surface area contributed by atoms with Gasteiger partial charge < -0.3 is 23.0 Å². The standard InChI is InChI=1S/C22H23NO7S/c1-27-16-22(24)23(15-20-4-3-13-29-20)14-17-5-7-19(8-6-17)30-31(25,26)21-11-9-18(28-2)10-12-21/h3-13H,14-16H2,1-2H3. The van der Waals surface area contributed by atoms with E-state index in [4.69, 9.17) is 18.1 Å². The van der Waals surface area contributed by atoms with Crippen molar-refractivity contribution in [2.24, 2.45) is 0 Å².